The fourth-order valence-electron chi connectivity index (χ4n) is 4.19. The highest BCUT2D eigenvalue weighted by Gasteiger charge is 2.31. The number of aromatic nitrogens is 2. The van der Waals surface area contributed by atoms with Gasteiger partial charge >= 0.3 is 0 Å². The lowest BCUT2D eigenvalue weighted by Crippen LogP contribution is -2.46. The molecule has 5 nitrogen and oxygen atoms in total. The summed E-state index contributed by atoms with van der Waals surface area (Å²) in [6.45, 7) is 5.10. The Bertz CT molecular complexity index is 716. The van der Waals surface area contributed by atoms with E-state index < -0.39 is 0 Å². The molecule has 2 atom stereocenters. The predicted octanol–water partition coefficient (Wildman–Crippen LogP) is 2.86. The monoisotopic (exact) mass is 346 g/mol. The van der Waals surface area contributed by atoms with Crippen LogP contribution in [0.5, 0.6) is 0 Å². The molecule has 1 aliphatic carbocycles. The molecule has 2 aliphatic rings. The molecule has 2 aromatic rings. The van der Waals surface area contributed by atoms with E-state index >= 15 is 0 Å². The molecule has 1 aliphatic heterocycles. The van der Waals surface area contributed by atoms with Crippen molar-refractivity contribution in [3.8, 4) is 0 Å². The summed E-state index contributed by atoms with van der Waals surface area (Å²) in [5.74, 6) is 1.05. The molecule has 0 amide bonds. The van der Waals surface area contributed by atoms with Gasteiger partial charge in [0.1, 0.15) is 17.0 Å². The van der Waals surface area contributed by atoms with Crippen molar-refractivity contribution in [2.75, 3.05) is 18.0 Å². The van der Waals surface area contributed by atoms with Gasteiger partial charge in [-0.2, -0.15) is 0 Å². The van der Waals surface area contributed by atoms with E-state index in [0.29, 0.717) is 0 Å². The topological polar surface area (TPSA) is 61.3 Å². The first-order valence-electron chi connectivity index (χ1n) is 9.20. The molecule has 1 saturated carbocycles. The van der Waals surface area contributed by atoms with Crippen molar-refractivity contribution in [3.63, 3.8) is 0 Å². The van der Waals surface area contributed by atoms with Crippen molar-refractivity contribution in [3.05, 3.63) is 16.8 Å². The van der Waals surface area contributed by atoms with Crippen molar-refractivity contribution < 1.29 is 5.11 Å². The summed E-state index contributed by atoms with van der Waals surface area (Å²) in [5.41, 5.74) is 1.43. The molecule has 0 unspecified atom stereocenters. The standard InChI is InChI=1S/C18H26N4OS/c1-2-9-22(13-5-3-4-6-14(13)23)17-16-12-7-8-19-10-15(12)24-18(16)21-11-20-17/h11,13-14,19,23H,2-10H2,1H3/t13-,14-/m1/s1. The molecule has 0 radical (unpaired) electrons. The van der Waals surface area contributed by atoms with Gasteiger partial charge in [-0.1, -0.05) is 19.8 Å². The van der Waals surface area contributed by atoms with E-state index in [1.165, 1.54) is 22.2 Å². The number of fused-ring (bicyclic) bond motifs is 3. The molecular weight excluding hydrogens is 320 g/mol. The lowest BCUT2D eigenvalue weighted by Gasteiger charge is -2.38. The molecule has 24 heavy (non-hydrogen) atoms. The van der Waals surface area contributed by atoms with Gasteiger partial charge in [0, 0.05) is 18.0 Å². The van der Waals surface area contributed by atoms with Crippen molar-refractivity contribution in [2.24, 2.45) is 0 Å². The normalized spacial score (nSPS) is 24.1. The van der Waals surface area contributed by atoms with Crippen LogP contribution < -0.4 is 10.2 Å². The van der Waals surface area contributed by atoms with Gasteiger partial charge in [0.2, 0.25) is 0 Å². The highest BCUT2D eigenvalue weighted by Crippen LogP contribution is 2.38. The predicted molar refractivity (Wildman–Crippen MR) is 98.7 cm³/mol. The van der Waals surface area contributed by atoms with Crippen molar-refractivity contribution >= 4 is 27.4 Å². The summed E-state index contributed by atoms with van der Waals surface area (Å²) in [6.07, 6.45) is 7.85. The van der Waals surface area contributed by atoms with Crippen LogP contribution in [0.4, 0.5) is 5.82 Å². The summed E-state index contributed by atoms with van der Waals surface area (Å²) >= 11 is 1.79. The Balaban J connectivity index is 1.81. The van der Waals surface area contributed by atoms with Crippen molar-refractivity contribution in [1.29, 1.82) is 0 Å². The fourth-order valence-corrected chi connectivity index (χ4v) is 5.34. The molecule has 0 saturated heterocycles. The van der Waals surface area contributed by atoms with Crippen LogP contribution in [0.2, 0.25) is 0 Å². The molecule has 1 fully saturated rings. The Morgan fingerprint density at radius 3 is 3.04 bits per heavy atom. The Kier molecular flexibility index (Phi) is 4.70. The lowest BCUT2D eigenvalue weighted by molar-refractivity contribution is 0.104. The molecule has 130 valence electrons. The number of hydrogen-bond acceptors (Lipinski definition) is 6. The van der Waals surface area contributed by atoms with Gasteiger partial charge < -0.3 is 15.3 Å². The second-order valence-electron chi connectivity index (χ2n) is 6.92. The molecule has 4 rings (SSSR count). The van der Waals surface area contributed by atoms with Gasteiger partial charge in [0.05, 0.1) is 17.5 Å². The lowest BCUT2D eigenvalue weighted by atomic mass is 9.91. The van der Waals surface area contributed by atoms with Gasteiger partial charge in [-0.3, -0.25) is 0 Å². The van der Waals surface area contributed by atoms with Crippen LogP contribution in [0.25, 0.3) is 10.2 Å². The second kappa shape index (κ2) is 6.94. The Hall–Kier alpha value is -1.24. The number of rotatable bonds is 4. The highest BCUT2D eigenvalue weighted by atomic mass is 32.1. The maximum absolute atomic E-state index is 10.6. The van der Waals surface area contributed by atoms with E-state index in [9.17, 15) is 5.11 Å². The summed E-state index contributed by atoms with van der Waals surface area (Å²) < 4.78 is 0. The van der Waals surface area contributed by atoms with Crippen LogP contribution in [-0.2, 0) is 13.0 Å². The van der Waals surface area contributed by atoms with Crippen LogP contribution in [0.1, 0.15) is 49.5 Å². The van der Waals surface area contributed by atoms with E-state index in [0.717, 1.165) is 62.4 Å². The van der Waals surface area contributed by atoms with Gasteiger partial charge in [0.15, 0.2) is 0 Å². The summed E-state index contributed by atoms with van der Waals surface area (Å²) in [6, 6.07) is 0.189. The van der Waals surface area contributed by atoms with Gasteiger partial charge in [-0.25, -0.2) is 9.97 Å². The van der Waals surface area contributed by atoms with Crippen LogP contribution in [0.3, 0.4) is 0 Å². The molecular formula is C18H26N4OS. The fraction of sp³-hybridized carbons (Fsp3) is 0.667. The van der Waals surface area contributed by atoms with E-state index in [2.05, 4.69) is 22.1 Å². The third kappa shape index (κ3) is 2.80. The maximum atomic E-state index is 10.6. The minimum Gasteiger partial charge on any atom is -0.391 e. The number of anilines is 1. The third-order valence-corrected chi connectivity index (χ3v) is 6.46. The molecule has 0 aromatic carbocycles. The van der Waals surface area contributed by atoms with Crippen LogP contribution in [-0.4, -0.2) is 40.3 Å². The molecule has 0 bridgehead atoms. The number of aliphatic hydroxyl groups excluding tert-OH is 1. The number of nitrogens with zero attached hydrogens (tertiary/aromatic N) is 3. The van der Waals surface area contributed by atoms with E-state index in [1.807, 2.05) is 0 Å². The molecule has 6 heteroatoms. The van der Waals surface area contributed by atoms with Crippen LogP contribution >= 0.6 is 11.3 Å². The van der Waals surface area contributed by atoms with Crippen LogP contribution in [0.15, 0.2) is 6.33 Å². The largest absolute Gasteiger partial charge is 0.391 e. The van der Waals surface area contributed by atoms with Gasteiger partial charge in [-0.15, -0.1) is 11.3 Å². The van der Waals surface area contributed by atoms with Crippen molar-refractivity contribution in [1.82, 2.24) is 15.3 Å². The van der Waals surface area contributed by atoms with E-state index in [-0.39, 0.29) is 12.1 Å². The average molecular weight is 347 g/mol. The molecule has 2 N–H and O–H groups in total. The molecule has 2 aromatic heterocycles. The van der Waals surface area contributed by atoms with Gasteiger partial charge in [0.25, 0.3) is 0 Å². The minimum absolute atomic E-state index is 0.189. The smallest absolute Gasteiger partial charge is 0.141 e. The Morgan fingerprint density at radius 1 is 1.33 bits per heavy atom. The van der Waals surface area contributed by atoms with Gasteiger partial charge in [-0.05, 0) is 37.8 Å². The Morgan fingerprint density at radius 2 is 2.21 bits per heavy atom. The zero-order valence-corrected chi connectivity index (χ0v) is 15.1. The number of thiophene rings is 1. The first-order valence-corrected chi connectivity index (χ1v) is 10.0. The first-order chi connectivity index (χ1) is 11.8. The average Bonchev–Trinajstić information content (AvgIpc) is 2.99. The van der Waals surface area contributed by atoms with E-state index in [4.69, 9.17) is 4.98 Å². The Labute approximate surface area is 147 Å². The SMILES string of the molecule is CCCN(c1ncnc2sc3c(c12)CCNC3)[C@@H]1CCCC[C@H]1O. The molecule has 3 heterocycles. The zero-order chi connectivity index (χ0) is 16.5. The first kappa shape index (κ1) is 16.2. The summed E-state index contributed by atoms with van der Waals surface area (Å²) in [4.78, 5) is 14.1. The number of aliphatic hydroxyl groups is 1. The molecule has 0 spiro atoms. The van der Waals surface area contributed by atoms with Crippen LogP contribution in [0, 0.1) is 0 Å². The second-order valence-corrected chi connectivity index (χ2v) is 8.00. The highest BCUT2D eigenvalue weighted by molar-refractivity contribution is 7.19. The summed E-state index contributed by atoms with van der Waals surface area (Å²) in [7, 11) is 0. The third-order valence-electron chi connectivity index (χ3n) is 5.32. The number of nitrogens with one attached hydrogen (secondary N) is 1. The summed E-state index contributed by atoms with van der Waals surface area (Å²) in [5, 5.41) is 15.3. The minimum atomic E-state index is -0.244. The number of hydrogen-bond donors (Lipinski definition) is 2. The van der Waals surface area contributed by atoms with E-state index in [1.54, 1.807) is 17.7 Å². The quantitative estimate of drug-likeness (QED) is 0.891. The maximum Gasteiger partial charge on any atom is 0.141 e. The van der Waals surface area contributed by atoms with Crippen molar-refractivity contribution in [2.45, 2.75) is 64.1 Å². The zero-order valence-electron chi connectivity index (χ0n) is 14.3.